The van der Waals surface area contributed by atoms with Crippen molar-refractivity contribution < 1.29 is 27.6 Å². The molecule has 0 bridgehead atoms. The van der Waals surface area contributed by atoms with E-state index < -0.39 is 22.4 Å². The lowest BCUT2D eigenvalue weighted by molar-refractivity contribution is -0.388. The number of ether oxygens (including phenoxy) is 2. The van der Waals surface area contributed by atoms with Gasteiger partial charge in [-0.1, -0.05) is 12.2 Å². The van der Waals surface area contributed by atoms with Gasteiger partial charge in [-0.15, -0.1) is 0 Å². The van der Waals surface area contributed by atoms with Crippen LogP contribution in [0.4, 0.5) is 24.7 Å². The highest BCUT2D eigenvalue weighted by Gasteiger charge is 2.39. The Morgan fingerprint density at radius 1 is 1.13 bits per heavy atom. The van der Waals surface area contributed by atoms with Gasteiger partial charge in [-0.3, -0.25) is 10.1 Å². The van der Waals surface area contributed by atoms with Crippen LogP contribution in [0.25, 0.3) is 0 Å². The fraction of sp³-hybridized carbons (Fsp3) is 0.480. The van der Waals surface area contributed by atoms with Crippen molar-refractivity contribution in [3.8, 4) is 11.8 Å². The SMILES string of the molecule is N#Cc1ccc(N2CCN(C(=S)CO[C@H]3CC[C@H](Oc4ccc([N+](=O)[O-])c(C(F)(F)F)c4)CC3)CC2)nc1. The van der Waals surface area contributed by atoms with Crippen molar-refractivity contribution in [3.05, 3.63) is 57.8 Å². The summed E-state index contributed by atoms with van der Waals surface area (Å²) in [6, 6.07) is 8.37. The summed E-state index contributed by atoms with van der Waals surface area (Å²) in [5.74, 6) is 0.789. The van der Waals surface area contributed by atoms with E-state index in [4.69, 9.17) is 27.0 Å². The first-order chi connectivity index (χ1) is 18.1. The first-order valence-corrected chi connectivity index (χ1v) is 12.6. The van der Waals surface area contributed by atoms with Crippen LogP contribution >= 0.6 is 12.2 Å². The second-order valence-corrected chi connectivity index (χ2v) is 9.62. The van der Waals surface area contributed by atoms with E-state index in [0.29, 0.717) is 43.9 Å². The highest BCUT2D eigenvalue weighted by molar-refractivity contribution is 7.80. The van der Waals surface area contributed by atoms with Gasteiger partial charge in [-0.25, -0.2) is 4.98 Å². The van der Waals surface area contributed by atoms with Crippen molar-refractivity contribution in [1.29, 1.82) is 5.26 Å². The molecule has 0 atom stereocenters. The van der Waals surface area contributed by atoms with Crippen LogP contribution in [-0.2, 0) is 10.9 Å². The number of rotatable bonds is 7. The number of alkyl halides is 3. The Hall–Kier alpha value is -3.50. The number of hydrogen-bond acceptors (Lipinski definition) is 8. The standard InChI is InChI=1S/C25H26F3N5O4S/c26-25(27,28)21-13-20(6-7-22(21)33(34)35)37-19-4-2-18(3-5-19)36-16-24(38)32-11-9-31(10-12-32)23-8-1-17(14-29)15-30-23/h1,6-8,13,15,18-19H,2-5,9-12,16H2/t18-,19-. The summed E-state index contributed by atoms with van der Waals surface area (Å²) >= 11 is 5.58. The molecule has 1 aliphatic heterocycles. The number of anilines is 1. The number of hydrogen-bond donors (Lipinski definition) is 0. The van der Waals surface area contributed by atoms with E-state index in [1.807, 2.05) is 6.07 Å². The van der Waals surface area contributed by atoms with Crippen LogP contribution in [-0.4, -0.2) is 64.8 Å². The van der Waals surface area contributed by atoms with Gasteiger partial charge in [0, 0.05) is 38.4 Å². The molecule has 9 nitrogen and oxygen atoms in total. The van der Waals surface area contributed by atoms with Crippen molar-refractivity contribution in [2.45, 2.75) is 44.1 Å². The van der Waals surface area contributed by atoms with Crippen molar-refractivity contribution >= 4 is 28.7 Å². The van der Waals surface area contributed by atoms with Gasteiger partial charge in [0.05, 0.1) is 29.3 Å². The number of nitriles is 1. The summed E-state index contributed by atoms with van der Waals surface area (Å²) < 4.78 is 51.4. The van der Waals surface area contributed by atoms with Crippen molar-refractivity contribution in [2.75, 3.05) is 37.7 Å². The third kappa shape index (κ3) is 6.87. The molecule has 2 aliphatic rings. The van der Waals surface area contributed by atoms with Crippen LogP contribution in [0.15, 0.2) is 36.5 Å². The van der Waals surface area contributed by atoms with Gasteiger partial charge >= 0.3 is 6.18 Å². The highest BCUT2D eigenvalue weighted by Crippen LogP contribution is 2.38. The fourth-order valence-electron chi connectivity index (χ4n) is 4.59. The number of nitro benzene ring substituents is 1. The van der Waals surface area contributed by atoms with Gasteiger partial charge in [0.25, 0.3) is 5.69 Å². The molecule has 0 N–H and O–H groups in total. The number of nitrogens with zero attached hydrogens (tertiary/aromatic N) is 5. The summed E-state index contributed by atoms with van der Waals surface area (Å²) in [6.45, 7) is 3.29. The van der Waals surface area contributed by atoms with E-state index in [-0.39, 0.29) is 18.0 Å². The summed E-state index contributed by atoms with van der Waals surface area (Å²) in [4.78, 5) is 19.2. The predicted molar refractivity (Wildman–Crippen MR) is 136 cm³/mol. The Balaban J connectivity index is 1.20. The van der Waals surface area contributed by atoms with Crippen LogP contribution in [0.5, 0.6) is 5.75 Å². The Bertz CT molecular complexity index is 1190. The Morgan fingerprint density at radius 3 is 2.39 bits per heavy atom. The van der Waals surface area contributed by atoms with Crippen molar-refractivity contribution in [3.63, 3.8) is 0 Å². The minimum atomic E-state index is -4.85. The van der Waals surface area contributed by atoms with E-state index in [0.717, 1.165) is 43.1 Å². The number of nitro groups is 1. The first kappa shape index (κ1) is 27.5. The third-order valence-electron chi connectivity index (χ3n) is 6.67. The van der Waals surface area contributed by atoms with Gasteiger partial charge in [0.15, 0.2) is 0 Å². The number of thiocarbonyl (C=S) groups is 1. The van der Waals surface area contributed by atoms with E-state index in [9.17, 15) is 23.3 Å². The average molecular weight is 550 g/mol. The zero-order valence-electron chi connectivity index (χ0n) is 20.4. The molecule has 4 rings (SSSR count). The molecule has 38 heavy (non-hydrogen) atoms. The minimum absolute atomic E-state index is 0.0282. The van der Waals surface area contributed by atoms with E-state index >= 15 is 0 Å². The maximum atomic E-state index is 13.2. The maximum Gasteiger partial charge on any atom is 0.423 e. The molecule has 1 aromatic heterocycles. The number of benzene rings is 1. The molecule has 1 saturated carbocycles. The molecule has 1 aliphatic carbocycles. The summed E-state index contributed by atoms with van der Waals surface area (Å²) in [6.07, 6.45) is -1.09. The highest BCUT2D eigenvalue weighted by atomic mass is 32.1. The molecule has 2 heterocycles. The van der Waals surface area contributed by atoms with Crippen molar-refractivity contribution in [1.82, 2.24) is 9.88 Å². The lowest BCUT2D eigenvalue weighted by atomic mass is 9.95. The normalized spacial score (nSPS) is 20.1. The van der Waals surface area contributed by atoms with Crippen LogP contribution in [0.3, 0.4) is 0 Å². The van der Waals surface area contributed by atoms with Crippen LogP contribution in [0.1, 0.15) is 36.8 Å². The molecule has 2 aromatic rings. The lowest BCUT2D eigenvalue weighted by Gasteiger charge is -2.37. The summed E-state index contributed by atoms with van der Waals surface area (Å²) in [5.41, 5.74) is -1.79. The number of piperazine rings is 1. The van der Waals surface area contributed by atoms with Crippen LogP contribution < -0.4 is 9.64 Å². The second kappa shape index (κ2) is 11.9. The monoisotopic (exact) mass is 549 g/mol. The zero-order chi connectivity index (χ0) is 27.3. The third-order valence-corrected chi connectivity index (χ3v) is 7.05. The molecule has 202 valence electrons. The van der Waals surface area contributed by atoms with E-state index in [1.165, 1.54) is 6.07 Å². The first-order valence-electron chi connectivity index (χ1n) is 12.2. The topological polar surface area (TPSA) is 105 Å². The number of halogens is 3. The molecule has 1 saturated heterocycles. The van der Waals surface area contributed by atoms with Gasteiger partial charge in [0.2, 0.25) is 0 Å². The molecule has 0 amide bonds. The predicted octanol–water partition coefficient (Wildman–Crippen LogP) is 4.74. The molecule has 0 spiro atoms. The van der Waals surface area contributed by atoms with Gasteiger partial charge in [-0.05, 0) is 49.9 Å². The molecular formula is C25H26F3N5O4S. The molecule has 2 fully saturated rings. The maximum absolute atomic E-state index is 13.2. The van der Waals surface area contributed by atoms with E-state index in [1.54, 1.807) is 12.3 Å². The summed E-state index contributed by atoms with van der Waals surface area (Å²) in [5, 5.41) is 19.8. The van der Waals surface area contributed by atoms with Gasteiger partial charge in [0.1, 0.15) is 28.2 Å². The number of pyridine rings is 1. The zero-order valence-corrected chi connectivity index (χ0v) is 21.2. The largest absolute Gasteiger partial charge is 0.490 e. The molecule has 0 unspecified atom stereocenters. The van der Waals surface area contributed by atoms with E-state index in [2.05, 4.69) is 20.9 Å². The Labute approximate surface area is 222 Å². The summed E-state index contributed by atoms with van der Waals surface area (Å²) in [7, 11) is 0. The lowest BCUT2D eigenvalue weighted by Crippen LogP contribution is -2.49. The second-order valence-electron chi connectivity index (χ2n) is 9.15. The smallest absolute Gasteiger partial charge is 0.423 e. The molecular weight excluding hydrogens is 523 g/mol. The van der Waals surface area contributed by atoms with Gasteiger partial charge in [-0.2, -0.15) is 18.4 Å². The Kier molecular flexibility index (Phi) is 8.63. The van der Waals surface area contributed by atoms with Crippen LogP contribution in [0, 0.1) is 21.4 Å². The number of aromatic nitrogens is 1. The molecule has 13 heteroatoms. The molecule has 0 radical (unpaired) electrons. The molecule has 1 aromatic carbocycles. The van der Waals surface area contributed by atoms with Gasteiger partial charge < -0.3 is 19.3 Å². The minimum Gasteiger partial charge on any atom is -0.490 e. The Morgan fingerprint density at radius 2 is 1.82 bits per heavy atom. The quantitative estimate of drug-likeness (QED) is 0.275. The fourth-order valence-corrected chi connectivity index (χ4v) is 4.84. The average Bonchev–Trinajstić information content (AvgIpc) is 2.92. The van der Waals surface area contributed by atoms with Crippen molar-refractivity contribution in [2.24, 2.45) is 0 Å². The van der Waals surface area contributed by atoms with Crippen LogP contribution in [0.2, 0.25) is 0 Å².